The predicted octanol–water partition coefficient (Wildman–Crippen LogP) is 0.969. The number of nitrogens with one attached hydrogen (secondary N) is 2. The summed E-state index contributed by atoms with van der Waals surface area (Å²) < 4.78 is 7.16. The average molecular weight is 302 g/mol. The molecule has 2 heterocycles. The summed E-state index contributed by atoms with van der Waals surface area (Å²) in [6.07, 6.45) is 7.12. The normalized spacial score (nSPS) is 11.5. The van der Waals surface area contributed by atoms with Crippen molar-refractivity contribution in [2.45, 2.75) is 13.5 Å². The number of hydrogen-bond acceptors (Lipinski definition) is 4. The molecule has 0 radical (unpaired) electrons. The van der Waals surface area contributed by atoms with Gasteiger partial charge in [-0.05, 0) is 24.6 Å². The molecule has 2 N–H and O–H groups in total. The van der Waals surface area contributed by atoms with Crippen molar-refractivity contribution >= 4 is 5.96 Å². The molecule has 0 atom stereocenters. The van der Waals surface area contributed by atoms with Crippen LogP contribution in [0.25, 0.3) is 5.82 Å². The third-order valence-electron chi connectivity index (χ3n) is 3.01. The highest BCUT2D eigenvalue weighted by molar-refractivity contribution is 5.79. The Morgan fingerprint density at radius 2 is 2.27 bits per heavy atom. The van der Waals surface area contributed by atoms with Gasteiger partial charge in [-0.3, -0.25) is 9.56 Å². The van der Waals surface area contributed by atoms with Crippen molar-refractivity contribution in [1.82, 2.24) is 25.2 Å². The number of ether oxygens (including phenoxy) is 1. The molecule has 0 aromatic carbocycles. The Hall–Kier alpha value is -2.41. The molecule has 0 amide bonds. The Morgan fingerprint density at radius 3 is 3.00 bits per heavy atom. The first kappa shape index (κ1) is 16.0. The molecule has 0 aliphatic rings. The van der Waals surface area contributed by atoms with Gasteiger partial charge in [0.25, 0.3) is 0 Å². The lowest BCUT2D eigenvalue weighted by atomic mass is 10.2. The third kappa shape index (κ3) is 4.85. The topological polar surface area (TPSA) is 76.4 Å². The molecule has 0 saturated heterocycles. The first-order valence-electron chi connectivity index (χ1n) is 7.29. The highest BCUT2D eigenvalue weighted by atomic mass is 16.5. The van der Waals surface area contributed by atoms with Gasteiger partial charge in [-0.15, -0.1) is 0 Å². The van der Waals surface area contributed by atoms with Gasteiger partial charge in [0.2, 0.25) is 0 Å². The molecular formula is C15H22N6O. The van der Waals surface area contributed by atoms with E-state index in [4.69, 9.17) is 4.74 Å². The summed E-state index contributed by atoms with van der Waals surface area (Å²) in [6, 6.07) is 3.99. The van der Waals surface area contributed by atoms with Crippen LogP contribution < -0.4 is 10.6 Å². The summed E-state index contributed by atoms with van der Waals surface area (Å²) >= 11 is 0. The molecule has 0 aliphatic carbocycles. The summed E-state index contributed by atoms with van der Waals surface area (Å²) in [5, 5.41) is 6.47. The molecule has 118 valence electrons. The van der Waals surface area contributed by atoms with Crippen molar-refractivity contribution in [3.05, 3.63) is 42.6 Å². The summed E-state index contributed by atoms with van der Waals surface area (Å²) in [6.45, 7) is 4.76. The van der Waals surface area contributed by atoms with Crippen LogP contribution in [0, 0.1) is 0 Å². The molecule has 0 fully saturated rings. The van der Waals surface area contributed by atoms with Gasteiger partial charge in [-0.25, -0.2) is 9.97 Å². The molecular weight excluding hydrogens is 280 g/mol. The molecule has 0 saturated carbocycles. The van der Waals surface area contributed by atoms with E-state index in [1.807, 2.05) is 29.8 Å². The van der Waals surface area contributed by atoms with Gasteiger partial charge in [0.15, 0.2) is 5.96 Å². The molecule has 0 spiro atoms. The molecule has 0 unspecified atom stereocenters. The van der Waals surface area contributed by atoms with E-state index in [9.17, 15) is 0 Å². The maximum Gasteiger partial charge on any atom is 0.191 e. The van der Waals surface area contributed by atoms with E-state index in [0.29, 0.717) is 13.2 Å². The molecule has 0 aliphatic heterocycles. The highest BCUT2D eigenvalue weighted by Crippen LogP contribution is 2.06. The number of pyridine rings is 1. The predicted molar refractivity (Wildman–Crippen MR) is 86.1 cm³/mol. The Morgan fingerprint density at radius 1 is 1.36 bits per heavy atom. The lowest BCUT2D eigenvalue weighted by molar-refractivity contribution is 0.152. The first-order chi connectivity index (χ1) is 10.8. The minimum Gasteiger partial charge on any atom is -0.380 e. The number of rotatable bonds is 7. The minimum atomic E-state index is 0.664. The maximum atomic E-state index is 5.29. The SMILES string of the molecule is CCOCCNC(=NC)NCc1ccnc(-n2ccnc2)c1. The summed E-state index contributed by atoms with van der Waals surface area (Å²) in [4.78, 5) is 12.5. The number of aromatic nitrogens is 3. The molecule has 7 nitrogen and oxygen atoms in total. The zero-order valence-corrected chi connectivity index (χ0v) is 13.0. The number of nitrogens with zero attached hydrogens (tertiary/aromatic N) is 4. The smallest absolute Gasteiger partial charge is 0.191 e. The summed E-state index contributed by atoms with van der Waals surface area (Å²) in [5.41, 5.74) is 1.12. The fourth-order valence-corrected chi connectivity index (χ4v) is 1.90. The van der Waals surface area contributed by atoms with Crippen LogP contribution in [0.4, 0.5) is 0 Å². The standard InChI is InChI=1S/C15H22N6O/c1-3-22-9-7-19-15(16-2)20-11-13-4-5-18-14(10-13)21-8-6-17-12-21/h4-6,8,10,12H,3,7,9,11H2,1-2H3,(H2,16,19,20). The number of imidazole rings is 1. The van der Waals surface area contributed by atoms with Gasteiger partial charge in [-0.1, -0.05) is 0 Å². The molecule has 22 heavy (non-hydrogen) atoms. The second kappa shape index (κ2) is 8.78. The minimum absolute atomic E-state index is 0.664. The quantitative estimate of drug-likeness (QED) is 0.453. The van der Waals surface area contributed by atoms with E-state index in [1.165, 1.54) is 0 Å². The van der Waals surface area contributed by atoms with Crippen molar-refractivity contribution in [3.8, 4) is 5.82 Å². The number of hydrogen-bond donors (Lipinski definition) is 2. The van der Waals surface area contributed by atoms with E-state index in [2.05, 4.69) is 25.6 Å². The lowest BCUT2D eigenvalue weighted by Gasteiger charge is -2.12. The highest BCUT2D eigenvalue weighted by Gasteiger charge is 2.01. The summed E-state index contributed by atoms with van der Waals surface area (Å²) in [5.74, 6) is 1.59. The molecule has 0 bridgehead atoms. The van der Waals surface area contributed by atoms with Crippen LogP contribution in [0.1, 0.15) is 12.5 Å². The zero-order chi connectivity index (χ0) is 15.6. The van der Waals surface area contributed by atoms with Crippen LogP contribution in [-0.2, 0) is 11.3 Å². The van der Waals surface area contributed by atoms with Crippen molar-refractivity contribution in [3.63, 3.8) is 0 Å². The van der Waals surface area contributed by atoms with Gasteiger partial charge < -0.3 is 15.4 Å². The van der Waals surface area contributed by atoms with Crippen LogP contribution >= 0.6 is 0 Å². The van der Waals surface area contributed by atoms with E-state index >= 15 is 0 Å². The van der Waals surface area contributed by atoms with Crippen LogP contribution in [0.3, 0.4) is 0 Å². The van der Waals surface area contributed by atoms with Crippen LogP contribution in [0.15, 0.2) is 42.0 Å². The second-order valence-corrected chi connectivity index (χ2v) is 4.54. The third-order valence-corrected chi connectivity index (χ3v) is 3.01. The van der Waals surface area contributed by atoms with Crippen LogP contribution in [0.2, 0.25) is 0 Å². The maximum absolute atomic E-state index is 5.29. The van der Waals surface area contributed by atoms with Crippen molar-refractivity contribution < 1.29 is 4.74 Å². The van der Waals surface area contributed by atoms with Crippen LogP contribution in [-0.4, -0.2) is 47.3 Å². The Labute approximate surface area is 130 Å². The largest absolute Gasteiger partial charge is 0.380 e. The van der Waals surface area contributed by atoms with E-state index < -0.39 is 0 Å². The molecule has 2 rings (SSSR count). The Balaban J connectivity index is 1.86. The Bertz CT molecular complexity index is 581. The average Bonchev–Trinajstić information content (AvgIpc) is 3.09. The van der Waals surface area contributed by atoms with Crippen molar-refractivity contribution in [2.75, 3.05) is 26.8 Å². The molecule has 2 aromatic rings. The van der Waals surface area contributed by atoms with Crippen molar-refractivity contribution in [1.29, 1.82) is 0 Å². The van der Waals surface area contributed by atoms with Gasteiger partial charge in [0, 0.05) is 45.3 Å². The summed E-state index contributed by atoms with van der Waals surface area (Å²) in [7, 11) is 1.75. The number of guanidine groups is 1. The van der Waals surface area contributed by atoms with Crippen molar-refractivity contribution in [2.24, 2.45) is 4.99 Å². The fraction of sp³-hybridized carbons (Fsp3) is 0.400. The molecule has 7 heteroatoms. The molecule has 2 aromatic heterocycles. The van der Waals surface area contributed by atoms with E-state index in [0.717, 1.165) is 30.5 Å². The zero-order valence-electron chi connectivity index (χ0n) is 13.0. The second-order valence-electron chi connectivity index (χ2n) is 4.54. The van der Waals surface area contributed by atoms with Gasteiger partial charge >= 0.3 is 0 Å². The van der Waals surface area contributed by atoms with Gasteiger partial charge in [-0.2, -0.15) is 0 Å². The van der Waals surface area contributed by atoms with E-state index in [1.54, 1.807) is 25.8 Å². The number of aliphatic imine (C=N–C) groups is 1. The fourth-order valence-electron chi connectivity index (χ4n) is 1.90. The monoisotopic (exact) mass is 302 g/mol. The van der Waals surface area contributed by atoms with Gasteiger partial charge in [0.1, 0.15) is 12.1 Å². The van der Waals surface area contributed by atoms with Crippen LogP contribution in [0.5, 0.6) is 0 Å². The van der Waals surface area contributed by atoms with Gasteiger partial charge in [0.05, 0.1) is 6.61 Å². The Kier molecular flexibility index (Phi) is 6.38. The first-order valence-corrected chi connectivity index (χ1v) is 7.29. The van der Waals surface area contributed by atoms with E-state index in [-0.39, 0.29) is 0 Å². The lowest BCUT2D eigenvalue weighted by Crippen LogP contribution is -2.38.